The Hall–Kier alpha value is -1.56. The smallest absolute Gasteiger partial charge is 0.229 e. The zero-order valence-corrected chi connectivity index (χ0v) is 10.5. The lowest BCUT2D eigenvalue weighted by Gasteiger charge is -2.13. The molecule has 2 heterocycles. The molecule has 18 heavy (non-hydrogen) atoms. The van der Waals surface area contributed by atoms with Gasteiger partial charge in [-0.15, -0.1) is 0 Å². The molecule has 2 N–H and O–H groups in total. The van der Waals surface area contributed by atoms with Crippen molar-refractivity contribution in [1.29, 1.82) is 0 Å². The molecular weight excluding hydrogens is 232 g/mol. The second kappa shape index (κ2) is 4.97. The Labute approximate surface area is 106 Å². The lowest BCUT2D eigenvalue weighted by molar-refractivity contribution is 0.212. The fourth-order valence-corrected chi connectivity index (χ4v) is 1.94. The molecule has 0 spiro atoms. The first-order valence-electron chi connectivity index (χ1n) is 6.40. The summed E-state index contributed by atoms with van der Waals surface area (Å²) in [5.41, 5.74) is 0. The second-order valence-electron chi connectivity index (χ2n) is 4.72. The van der Waals surface area contributed by atoms with Crippen LogP contribution in [0.3, 0.4) is 0 Å². The first-order chi connectivity index (χ1) is 8.83. The third-order valence-electron chi connectivity index (χ3n) is 3.10. The Morgan fingerprint density at radius 3 is 2.78 bits per heavy atom. The summed E-state index contributed by atoms with van der Waals surface area (Å²) in [7, 11) is 1.60. The highest BCUT2D eigenvalue weighted by Crippen LogP contribution is 2.26. The van der Waals surface area contributed by atoms with E-state index in [1.54, 1.807) is 13.2 Å². The van der Waals surface area contributed by atoms with Crippen LogP contribution in [0.5, 0.6) is 11.8 Å². The van der Waals surface area contributed by atoms with Crippen LogP contribution in [0.25, 0.3) is 0 Å². The van der Waals surface area contributed by atoms with Crippen molar-refractivity contribution in [3.8, 4) is 11.8 Å². The average Bonchev–Trinajstić information content (AvgIpc) is 3.03. The Bertz CT molecular complexity index is 417. The molecule has 0 amide bonds. The van der Waals surface area contributed by atoms with Gasteiger partial charge in [0.25, 0.3) is 0 Å². The van der Waals surface area contributed by atoms with Gasteiger partial charge in [0.05, 0.1) is 13.2 Å². The highest BCUT2D eigenvalue weighted by molar-refractivity contribution is 5.35. The van der Waals surface area contributed by atoms with Crippen LogP contribution in [0.2, 0.25) is 0 Å². The lowest BCUT2D eigenvalue weighted by Crippen LogP contribution is -2.20. The number of hydrogen-bond acceptors (Lipinski definition) is 6. The van der Waals surface area contributed by atoms with Gasteiger partial charge in [0.1, 0.15) is 6.10 Å². The van der Waals surface area contributed by atoms with Crippen molar-refractivity contribution in [2.24, 2.45) is 0 Å². The molecular formula is C12H18N4O2. The molecule has 2 fully saturated rings. The maximum absolute atomic E-state index is 5.83. The maximum Gasteiger partial charge on any atom is 0.229 e. The summed E-state index contributed by atoms with van der Waals surface area (Å²) >= 11 is 0. The van der Waals surface area contributed by atoms with E-state index in [-0.39, 0.29) is 6.10 Å². The van der Waals surface area contributed by atoms with Gasteiger partial charge in [-0.05, 0) is 25.8 Å². The summed E-state index contributed by atoms with van der Waals surface area (Å²) in [5.74, 6) is 1.71. The van der Waals surface area contributed by atoms with E-state index < -0.39 is 0 Å². The quantitative estimate of drug-likeness (QED) is 0.805. The number of methoxy groups -OCH3 is 1. The summed E-state index contributed by atoms with van der Waals surface area (Å²) in [6, 6.07) is 2.24. The van der Waals surface area contributed by atoms with Gasteiger partial charge >= 0.3 is 0 Å². The summed E-state index contributed by atoms with van der Waals surface area (Å²) in [4.78, 5) is 8.64. The molecule has 0 bridgehead atoms. The van der Waals surface area contributed by atoms with E-state index in [2.05, 4.69) is 20.6 Å². The zero-order chi connectivity index (χ0) is 12.4. The van der Waals surface area contributed by atoms with E-state index in [0.29, 0.717) is 23.8 Å². The van der Waals surface area contributed by atoms with Crippen molar-refractivity contribution in [1.82, 2.24) is 15.3 Å². The van der Waals surface area contributed by atoms with Gasteiger partial charge in [-0.2, -0.15) is 9.97 Å². The first kappa shape index (κ1) is 11.5. The van der Waals surface area contributed by atoms with Crippen LogP contribution in [-0.4, -0.2) is 42.3 Å². The van der Waals surface area contributed by atoms with Crippen LogP contribution < -0.4 is 20.1 Å². The van der Waals surface area contributed by atoms with Gasteiger partial charge < -0.3 is 20.1 Å². The Kier molecular flexibility index (Phi) is 3.19. The summed E-state index contributed by atoms with van der Waals surface area (Å²) < 4.78 is 11.0. The number of nitrogens with one attached hydrogen (secondary N) is 2. The van der Waals surface area contributed by atoms with Crippen LogP contribution in [-0.2, 0) is 0 Å². The van der Waals surface area contributed by atoms with Gasteiger partial charge in [0, 0.05) is 12.6 Å². The average molecular weight is 250 g/mol. The monoisotopic (exact) mass is 250 g/mol. The van der Waals surface area contributed by atoms with Crippen molar-refractivity contribution in [3.05, 3.63) is 6.07 Å². The molecule has 1 saturated heterocycles. The number of hydrogen-bond donors (Lipinski definition) is 2. The fourth-order valence-electron chi connectivity index (χ4n) is 1.94. The fraction of sp³-hybridized carbons (Fsp3) is 0.667. The van der Waals surface area contributed by atoms with Crippen LogP contribution >= 0.6 is 0 Å². The normalized spacial score (nSPS) is 22.8. The van der Waals surface area contributed by atoms with Crippen molar-refractivity contribution in [2.75, 3.05) is 25.5 Å². The van der Waals surface area contributed by atoms with Crippen molar-refractivity contribution in [2.45, 2.75) is 31.4 Å². The van der Waals surface area contributed by atoms with E-state index in [9.17, 15) is 0 Å². The molecule has 98 valence electrons. The third kappa shape index (κ3) is 2.81. The third-order valence-corrected chi connectivity index (χ3v) is 3.10. The van der Waals surface area contributed by atoms with Gasteiger partial charge in [-0.1, -0.05) is 0 Å². The molecule has 6 nitrogen and oxygen atoms in total. The van der Waals surface area contributed by atoms with Gasteiger partial charge in [0.2, 0.25) is 17.7 Å². The molecule has 0 radical (unpaired) electrons. The van der Waals surface area contributed by atoms with Gasteiger partial charge in [-0.3, -0.25) is 0 Å². The standard InChI is InChI=1S/C12H18N4O2/c1-17-10-6-11(18-9-4-5-13-7-9)16-12(15-10)14-8-2-3-8/h6,8-9,13H,2-5,7H2,1H3,(H,14,15,16). The molecule has 1 atom stereocenters. The van der Waals surface area contributed by atoms with Crippen molar-refractivity contribution < 1.29 is 9.47 Å². The molecule has 1 saturated carbocycles. The lowest BCUT2D eigenvalue weighted by atomic mass is 10.3. The number of rotatable bonds is 5. The minimum absolute atomic E-state index is 0.193. The van der Waals surface area contributed by atoms with Crippen LogP contribution in [0, 0.1) is 0 Å². The van der Waals surface area contributed by atoms with Crippen LogP contribution in [0.1, 0.15) is 19.3 Å². The minimum Gasteiger partial charge on any atom is -0.481 e. The highest BCUT2D eigenvalue weighted by Gasteiger charge is 2.23. The van der Waals surface area contributed by atoms with Gasteiger partial charge in [-0.25, -0.2) is 0 Å². The van der Waals surface area contributed by atoms with E-state index in [0.717, 1.165) is 19.5 Å². The molecule has 6 heteroatoms. The van der Waals surface area contributed by atoms with E-state index in [4.69, 9.17) is 9.47 Å². The maximum atomic E-state index is 5.83. The van der Waals surface area contributed by atoms with E-state index in [1.807, 2.05) is 0 Å². The zero-order valence-electron chi connectivity index (χ0n) is 10.5. The Balaban J connectivity index is 1.73. The predicted octanol–water partition coefficient (Wildman–Crippen LogP) is 0.800. The largest absolute Gasteiger partial charge is 0.481 e. The molecule has 1 aliphatic carbocycles. The van der Waals surface area contributed by atoms with Crippen LogP contribution in [0.4, 0.5) is 5.95 Å². The van der Waals surface area contributed by atoms with E-state index >= 15 is 0 Å². The number of anilines is 1. The van der Waals surface area contributed by atoms with Crippen molar-refractivity contribution >= 4 is 5.95 Å². The minimum atomic E-state index is 0.193. The summed E-state index contributed by atoms with van der Waals surface area (Å²) in [5, 5.41) is 6.52. The SMILES string of the molecule is COc1cc(OC2CCNC2)nc(NC2CC2)n1. The second-order valence-corrected chi connectivity index (χ2v) is 4.72. The molecule has 3 rings (SSSR count). The topological polar surface area (TPSA) is 68.3 Å². The molecule has 0 aromatic carbocycles. The first-order valence-corrected chi connectivity index (χ1v) is 6.40. The Morgan fingerprint density at radius 1 is 1.28 bits per heavy atom. The molecule has 1 aromatic rings. The molecule has 1 aromatic heterocycles. The Morgan fingerprint density at radius 2 is 2.11 bits per heavy atom. The molecule has 1 unspecified atom stereocenters. The van der Waals surface area contributed by atoms with Gasteiger partial charge in [0.15, 0.2) is 0 Å². The summed E-state index contributed by atoms with van der Waals surface area (Å²) in [6.45, 7) is 1.87. The molecule has 1 aliphatic heterocycles. The molecule has 2 aliphatic rings. The van der Waals surface area contributed by atoms with E-state index in [1.165, 1.54) is 12.8 Å². The summed E-state index contributed by atoms with van der Waals surface area (Å²) in [6.07, 6.45) is 3.57. The van der Waals surface area contributed by atoms with Crippen LogP contribution in [0.15, 0.2) is 6.07 Å². The highest BCUT2D eigenvalue weighted by atomic mass is 16.5. The number of ether oxygens (including phenoxy) is 2. The number of nitrogens with zero attached hydrogens (tertiary/aromatic N) is 2. The predicted molar refractivity (Wildman–Crippen MR) is 67.1 cm³/mol. The number of aromatic nitrogens is 2. The van der Waals surface area contributed by atoms with Crippen molar-refractivity contribution in [3.63, 3.8) is 0 Å².